The minimum absolute atomic E-state index is 0.0369. The number of ether oxygens (including phenoxy) is 1. The van der Waals surface area contributed by atoms with Gasteiger partial charge in [0.2, 0.25) is 0 Å². The van der Waals surface area contributed by atoms with Crippen LogP contribution in [0.1, 0.15) is 42.4 Å². The number of esters is 1. The summed E-state index contributed by atoms with van der Waals surface area (Å²) >= 11 is 0. The molecule has 1 aliphatic rings. The average Bonchev–Trinajstić information content (AvgIpc) is 2.68. The summed E-state index contributed by atoms with van der Waals surface area (Å²) in [5.41, 5.74) is 1.97. The number of hydrogen-bond acceptors (Lipinski definition) is 2. The highest BCUT2D eigenvalue weighted by Gasteiger charge is 2.26. The van der Waals surface area contributed by atoms with E-state index in [2.05, 4.69) is 18.4 Å². The monoisotopic (exact) mass is 362 g/mol. The van der Waals surface area contributed by atoms with Crippen LogP contribution in [0.15, 0.2) is 55.1 Å². The normalized spacial score (nSPS) is 18.9. The van der Waals surface area contributed by atoms with Gasteiger partial charge in [-0.15, -0.1) is 6.58 Å². The molecule has 0 amide bonds. The van der Waals surface area contributed by atoms with E-state index in [4.69, 9.17) is 4.74 Å². The third kappa shape index (κ3) is 5.08. The molecule has 2 aromatic rings. The lowest BCUT2D eigenvalue weighted by molar-refractivity contribution is -0.140. The maximum absolute atomic E-state index is 13.8. The number of allylic oxidation sites excluding steroid dienone is 1. The van der Waals surface area contributed by atoms with Gasteiger partial charge < -0.3 is 4.74 Å². The van der Waals surface area contributed by atoms with Gasteiger partial charge in [-0.1, -0.05) is 24.0 Å². The van der Waals surface area contributed by atoms with Gasteiger partial charge in [0.1, 0.15) is 11.6 Å². The van der Waals surface area contributed by atoms with E-state index >= 15 is 0 Å². The van der Waals surface area contributed by atoms with Gasteiger partial charge in [-0.3, -0.25) is 4.79 Å². The molecule has 27 heavy (non-hydrogen) atoms. The van der Waals surface area contributed by atoms with Crippen molar-refractivity contribution in [1.82, 2.24) is 0 Å². The van der Waals surface area contributed by atoms with Crippen molar-refractivity contribution >= 4 is 5.97 Å². The first kappa shape index (κ1) is 18.9. The molecule has 0 spiro atoms. The van der Waals surface area contributed by atoms with Gasteiger partial charge >= 0.3 is 5.97 Å². The van der Waals surface area contributed by atoms with Gasteiger partial charge in [0.25, 0.3) is 0 Å². The highest BCUT2D eigenvalue weighted by molar-refractivity contribution is 5.75. The lowest BCUT2D eigenvalue weighted by Gasteiger charge is -2.24. The minimum atomic E-state index is -0.320. The maximum atomic E-state index is 13.8. The zero-order valence-corrected chi connectivity index (χ0v) is 15.5. The number of aryl methyl sites for hydroxylation is 1. The topological polar surface area (TPSA) is 26.3 Å². The summed E-state index contributed by atoms with van der Waals surface area (Å²) in [5, 5.41) is 0. The van der Waals surface area contributed by atoms with Crippen molar-refractivity contribution in [2.24, 2.45) is 11.8 Å². The van der Waals surface area contributed by atoms with Crippen LogP contribution in [-0.4, -0.2) is 5.97 Å². The van der Waals surface area contributed by atoms with Gasteiger partial charge in [-0.25, -0.2) is 4.39 Å². The Morgan fingerprint density at radius 2 is 1.81 bits per heavy atom. The number of carbonyl (C=O) groups is 1. The second-order valence-electron chi connectivity index (χ2n) is 7.03. The highest BCUT2D eigenvalue weighted by atomic mass is 19.1. The van der Waals surface area contributed by atoms with E-state index in [1.165, 1.54) is 6.07 Å². The smallest absolute Gasteiger partial charge is 0.314 e. The van der Waals surface area contributed by atoms with Crippen molar-refractivity contribution in [3.8, 4) is 17.6 Å². The van der Waals surface area contributed by atoms with Crippen molar-refractivity contribution in [1.29, 1.82) is 0 Å². The molecule has 3 heteroatoms. The predicted octanol–water partition coefficient (Wildman–Crippen LogP) is 5.43. The van der Waals surface area contributed by atoms with Crippen LogP contribution in [-0.2, 0) is 4.79 Å². The minimum Gasteiger partial charge on any atom is -0.426 e. The fourth-order valence-corrected chi connectivity index (χ4v) is 3.26. The predicted molar refractivity (Wildman–Crippen MR) is 105 cm³/mol. The van der Waals surface area contributed by atoms with Crippen molar-refractivity contribution in [2.75, 3.05) is 0 Å². The molecule has 3 rings (SSSR count). The quantitative estimate of drug-likeness (QED) is 0.315. The van der Waals surface area contributed by atoms with E-state index in [0.29, 0.717) is 17.2 Å². The molecule has 0 radical (unpaired) electrons. The second-order valence-corrected chi connectivity index (χ2v) is 7.03. The number of carbonyl (C=O) groups excluding carboxylic acids is 1. The van der Waals surface area contributed by atoms with E-state index in [1.54, 1.807) is 30.3 Å². The van der Waals surface area contributed by atoms with E-state index in [-0.39, 0.29) is 17.7 Å². The summed E-state index contributed by atoms with van der Waals surface area (Å²) in [6.07, 6.45) is 5.66. The van der Waals surface area contributed by atoms with Crippen LogP contribution in [0, 0.1) is 36.4 Å². The molecule has 0 heterocycles. The number of benzene rings is 2. The second kappa shape index (κ2) is 8.68. The van der Waals surface area contributed by atoms with Gasteiger partial charge in [-0.05, 0) is 80.5 Å². The number of rotatable bonds is 3. The van der Waals surface area contributed by atoms with E-state index in [0.717, 1.165) is 36.8 Å². The fraction of sp³-hybridized carbons (Fsp3) is 0.292. The summed E-state index contributed by atoms with van der Waals surface area (Å²) < 4.78 is 19.3. The molecule has 0 unspecified atom stereocenters. The molecule has 2 nitrogen and oxygen atoms in total. The lowest BCUT2D eigenvalue weighted by Crippen LogP contribution is -2.25. The molecule has 138 valence electrons. The summed E-state index contributed by atoms with van der Waals surface area (Å²) in [5.74, 6) is 6.28. The summed E-state index contributed by atoms with van der Waals surface area (Å²) in [6.45, 7) is 5.66. The number of hydrogen-bond donors (Lipinski definition) is 0. The van der Waals surface area contributed by atoms with Crippen molar-refractivity contribution < 1.29 is 13.9 Å². The third-order valence-corrected chi connectivity index (χ3v) is 4.98. The van der Waals surface area contributed by atoms with Crippen LogP contribution in [0.25, 0.3) is 0 Å². The van der Waals surface area contributed by atoms with Crippen molar-refractivity contribution in [3.63, 3.8) is 0 Å². The Morgan fingerprint density at radius 1 is 1.11 bits per heavy atom. The first-order chi connectivity index (χ1) is 13.0. The Bertz CT molecular complexity index is 879. The van der Waals surface area contributed by atoms with Crippen LogP contribution < -0.4 is 4.74 Å². The van der Waals surface area contributed by atoms with Crippen LogP contribution in [0.2, 0.25) is 0 Å². The Hall–Kier alpha value is -2.86. The van der Waals surface area contributed by atoms with Gasteiger partial charge in [-0.2, -0.15) is 0 Å². The fourth-order valence-electron chi connectivity index (χ4n) is 3.26. The molecule has 1 aliphatic carbocycles. The molecule has 1 saturated carbocycles. The Kier molecular flexibility index (Phi) is 6.08. The average molecular weight is 362 g/mol. The van der Waals surface area contributed by atoms with Crippen molar-refractivity contribution in [3.05, 3.63) is 77.6 Å². The Balaban J connectivity index is 1.60. The molecule has 0 atom stereocenters. The third-order valence-electron chi connectivity index (χ3n) is 4.98. The highest BCUT2D eigenvalue weighted by Crippen LogP contribution is 2.30. The molecular formula is C24H23FO2. The van der Waals surface area contributed by atoms with E-state index in [9.17, 15) is 9.18 Å². The van der Waals surface area contributed by atoms with Crippen LogP contribution in [0.4, 0.5) is 4.39 Å². The Labute approximate surface area is 160 Å². The first-order valence-electron chi connectivity index (χ1n) is 9.27. The standard InChI is InChI=1S/C24H23FO2/c1-3-18-5-12-21(13-6-18)24(26)27-22-14-8-19(9-15-22)7-11-20-10-4-17(2)16-23(20)25/h3-4,8-10,14-16,18,21H,1,5-6,12-13H2,2H3. The number of halogens is 1. The molecule has 0 saturated heterocycles. The first-order valence-corrected chi connectivity index (χ1v) is 9.27. The summed E-state index contributed by atoms with van der Waals surface area (Å²) in [4.78, 5) is 12.3. The van der Waals surface area contributed by atoms with Crippen LogP contribution in [0.3, 0.4) is 0 Å². The Morgan fingerprint density at radius 3 is 2.44 bits per heavy atom. The molecule has 0 N–H and O–H groups in total. The van der Waals surface area contributed by atoms with Gasteiger partial charge in [0.05, 0.1) is 11.5 Å². The molecule has 1 fully saturated rings. The zero-order valence-electron chi connectivity index (χ0n) is 15.5. The largest absolute Gasteiger partial charge is 0.426 e. The van der Waals surface area contributed by atoms with Gasteiger partial charge in [0.15, 0.2) is 0 Å². The van der Waals surface area contributed by atoms with Crippen LogP contribution in [0.5, 0.6) is 5.75 Å². The lowest BCUT2D eigenvalue weighted by atomic mass is 9.82. The summed E-state index contributed by atoms with van der Waals surface area (Å²) in [7, 11) is 0. The summed E-state index contributed by atoms with van der Waals surface area (Å²) in [6, 6.07) is 12.0. The maximum Gasteiger partial charge on any atom is 0.314 e. The van der Waals surface area contributed by atoms with Gasteiger partial charge in [0, 0.05) is 5.56 Å². The molecule has 0 aliphatic heterocycles. The van der Waals surface area contributed by atoms with Crippen molar-refractivity contribution in [2.45, 2.75) is 32.6 Å². The molecule has 0 bridgehead atoms. The van der Waals surface area contributed by atoms with E-state index < -0.39 is 0 Å². The molecular weight excluding hydrogens is 339 g/mol. The molecule has 0 aromatic heterocycles. The van der Waals surface area contributed by atoms with E-state index in [1.807, 2.05) is 19.1 Å². The van der Waals surface area contributed by atoms with Crippen LogP contribution >= 0.6 is 0 Å². The molecule has 2 aromatic carbocycles. The SMILES string of the molecule is C=CC1CCC(C(=O)Oc2ccc(C#Cc3ccc(C)cc3F)cc2)CC1. The zero-order chi connectivity index (χ0) is 19.2.